The summed E-state index contributed by atoms with van der Waals surface area (Å²) in [6, 6.07) is 15.8. The van der Waals surface area contributed by atoms with Crippen molar-refractivity contribution in [3.63, 3.8) is 0 Å². The molecular weight excluding hydrogens is 386 g/mol. The van der Waals surface area contributed by atoms with Crippen molar-refractivity contribution in [3.8, 4) is 0 Å². The highest BCUT2D eigenvalue weighted by atomic mass is 35.5. The predicted octanol–water partition coefficient (Wildman–Crippen LogP) is 4.89. The van der Waals surface area contributed by atoms with E-state index in [1.54, 1.807) is 4.68 Å². The van der Waals surface area contributed by atoms with Gasteiger partial charge in [-0.25, -0.2) is 4.68 Å². The van der Waals surface area contributed by atoms with Crippen LogP contribution in [0.4, 0.5) is 11.9 Å². The van der Waals surface area contributed by atoms with Gasteiger partial charge in [0, 0.05) is 16.6 Å². The quantitative estimate of drug-likeness (QED) is 0.645. The standard InChI is InChI=1S/C22H22ClN5O/c1-13(2)20(29)25-21-26-22-24-18(15-6-4-14(3)5-7-15)12-19(28(22)27-21)16-8-10-17(23)11-9-16/h4-13,19H,1-3H3,(H2,24,25,26,27,29). The Morgan fingerprint density at radius 2 is 1.83 bits per heavy atom. The number of allylic oxidation sites excluding steroid dienone is 1. The third kappa shape index (κ3) is 4.03. The lowest BCUT2D eigenvalue weighted by molar-refractivity contribution is -0.118. The minimum atomic E-state index is -0.183. The van der Waals surface area contributed by atoms with E-state index in [0.29, 0.717) is 11.0 Å². The van der Waals surface area contributed by atoms with Gasteiger partial charge in [-0.2, -0.15) is 4.98 Å². The Bertz CT molecular complexity index is 1070. The van der Waals surface area contributed by atoms with Crippen LogP contribution >= 0.6 is 11.6 Å². The van der Waals surface area contributed by atoms with Crippen molar-refractivity contribution in [2.24, 2.45) is 5.92 Å². The molecule has 148 valence electrons. The van der Waals surface area contributed by atoms with Crippen LogP contribution in [0.5, 0.6) is 0 Å². The molecule has 1 unspecified atom stereocenters. The largest absolute Gasteiger partial charge is 0.324 e. The summed E-state index contributed by atoms with van der Waals surface area (Å²) in [4.78, 5) is 16.6. The van der Waals surface area contributed by atoms with Gasteiger partial charge in [-0.3, -0.25) is 10.1 Å². The monoisotopic (exact) mass is 407 g/mol. The van der Waals surface area contributed by atoms with Gasteiger partial charge < -0.3 is 5.32 Å². The highest BCUT2D eigenvalue weighted by Crippen LogP contribution is 2.33. The maximum Gasteiger partial charge on any atom is 0.250 e. The van der Waals surface area contributed by atoms with Crippen LogP contribution in [-0.2, 0) is 4.79 Å². The molecule has 2 aromatic carbocycles. The van der Waals surface area contributed by atoms with Crippen LogP contribution in [0.3, 0.4) is 0 Å². The zero-order valence-electron chi connectivity index (χ0n) is 16.5. The van der Waals surface area contributed by atoms with Crippen molar-refractivity contribution in [2.45, 2.75) is 26.8 Å². The number of carbonyl (C=O) groups is 1. The van der Waals surface area contributed by atoms with E-state index in [-0.39, 0.29) is 23.8 Å². The van der Waals surface area contributed by atoms with Crippen LogP contribution in [0.15, 0.2) is 54.6 Å². The van der Waals surface area contributed by atoms with E-state index in [1.165, 1.54) is 5.56 Å². The number of hydrogen-bond acceptors (Lipinski definition) is 4. The second-order valence-electron chi connectivity index (χ2n) is 7.42. The van der Waals surface area contributed by atoms with E-state index in [1.807, 2.05) is 38.1 Å². The molecule has 7 heteroatoms. The summed E-state index contributed by atoms with van der Waals surface area (Å²) in [6.45, 7) is 5.72. The molecule has 0 fully saturated rings. The smallest absolute Gasteiger partial charge is 0.250 e. The molecule has 0 radical (unpaired) electrons. The third-order valence-corrected chi connectivity index (χ3v) is 5.05. The first-order valence-corrected chi connectivity index (χ1v) is 9.87. The van der Waals surface area contributed by atoms with Gasteiger partial charge >= 0.3 is 0 Å². The summed E-state index contributed by atoms with van der Waals surface area (Å²) in [6.07, 6.45) is 2.10. The molecule has 0 saturated carbocycles. The van der Waals surface area contributed by atoms with Crippen molar-refractivity contribution in [2.75, 3.05) is 10.6 Å². The van der Waals surface area contributed by atoms with E-state index in [2.05, 4.69) is 58.0 Å². The van der Waals surface area contributed by atoms with Crippen LogP contribution in [0, 0.1) is 12.8 Å². The lowest BCUT2D eigenvalue weighted by Gasteiger charge is -2.24. The Kier molecular flexibility index (Phi) is 5.11. The zero-order chi connectivity index (χ0) is 20.5. The van der Waals surface area contributed by atoms with Gasteiger partial charge in [0.2, 0.25) is 11.9 Å². The SMILES string of the molecule is Cc1ccc(C2=CC(c3ccc(Cl)cc3)n3nc(NC(=O)C(C)C)nc3N2)cc1. The minimum absolute atomic E-state index is 0.122. The number of hydrogen-bond donors (Lipinski definition) is 2. The first-order chi connectivity index (χ1) is 13.9. The lowest BCUT2D eigenvalue weighted by Crippen LogP contribution is -2.20. The second kappa shape index (κ2) is 7.72. The summed E-state index contributed by atoms with van der Waals surface area (Å²) in [5, 5.41) is 11.3. The zero-order valence-corrected chi connectivity index (χ0v) is 17.2. The topological polar surface area (TPSA) is 71.8 Å². The molecule has 29 heavy (non-hydrogen) atoms. The summed E-state index contributed by atoms with van der Waals surface area (Å²) < 4.78 is 1.77. The number of carbonyl (C=O) groups excluding carboxylic acids is 1. The van der Waals surface area contributed by atoms with E-state index in [9.17, 15) is 4.79 Å². The molecular formula is C22H22ClN5O. The van der Waals surface area contributed by atoms with Crippen molar-refractivity contribution < 1.29 is 4.79 Å². The van der Waals surface area contributed by atoms with E-state index in [0.717, 1.165) is 16.8 Å². The molecule has 1 aromatic heterocycles. The molecule has 1 aliphatic rings. The van der Waals surface area contributed by atoms with Crippen molar-refractivity contribution >= 4 is 35.1 Å². The highest BCUT2D eigenvalue weighted by Gasteiger charge is 2.26. The number of aromatic nitrogens is 3. The number of benzene rings is 2. The average Bonchev–Trinajstić information content (AvgIpc) is 3.10. The van der Waals surface area contributed by atoms with Gasteiger partial charge in [0.25, 0.3) is 5.95 Å². The summed E-state index contributed by atoms with van der Waals surface area (Å²) in [5.74, 6) is 0.574. The maximum absolute atomic E-state index is 12.1. The molecule has 2 heterocycles. The molecule has 0 aliphatic carbocycles. The molecule has 0 bridgehead atoms. The molecule has 4 rings (SSSR count). The number of amides is 1. The van der Waals surface area contributed by atoms with Crippen LogP contribution in [-0.4, -0.2) is 20.7 Å². The van der Waals surface area contributed by atoms with Crippen LogP contribution in [0.1, 0.15) is 36.6 Å². The summed E-state index contributed by atoms with van der Waals surface area (Å²) in [7, 11) is 0. The molecule has 1 amide bonds. The Morgan fingerprint density at radius 3 is 2.48 bits per heavy atom. The van der Waals surface area contributed by atoms with E-state index >= 15 is 0 Å². The molecule has 2 N–H and O–H groups in total. The predicted molar refractivity (Wildman–Crippen MR) is 116 cm³/mol. The first kappa shape index (κ1) is 19.2. The highest BCUT2D eigenvalue weighted by molar-refractivity contribution is 6.30. The fraction of sp³-hybridized carbons (Fsp3) is 0.227. The maximum atomic E-state index is 12.1. The van der Waals surface area contributed by atoms with Crippen LogP contribution in [0.25, 0.3) is 5.70 Å². The fourth-order valence-corrected chi connectivity index (χ4v) is 3.23. The number of rotatable bonds is 4. The Hall–Kier alpha value is -3.12. The molecule has 1 aliphatic heterocycles. The first-order valence-electron chi connectivity index (χ1n) is 9.49. The van der Waals surface area contributed by atoms with Crippen LogP contribution < -0.4 is 10.6 Å². The molecule has 0 saturated heterocycles. The van der Waals surface area contributed by atoms with Gasteiger partial charge in [-0.1, -0.05) is 67.4 Å². The Morgan fingerprint density at radius 1 is 1.14 bits per heavy atom. The average molecular weight is 408 g/mol. The van der Waals surface area contributed by atoms with E-state index < -0.39 is 0 Å². The van der Waals surface area contributed by atoms with Gasteiger partial charge in [0.15, 0.2) is 0 Å². The van der Waals surface area contributed by atoms with Gasteiger partial charge in [0.1, 0.15) is 6.04 Å². The Labute approximate surface area is 174 Å². The van der Waals surface area contributed by atoms with Gasteiger partial charge in [0.05, 0.1) is 0 Å². The number of aryl methyl sites for hydroxylation is 1. The number of anilines is 2. The number of nitrogens with zero attached hydrogens (tertiary/aromatic N) is 3. The van der Waals surface area contributed by atoms with Gasteiger partial charge in [-0.05, 0) is 36.3 Å². The summed E-state index contributed by atoms with van der Waals surface area (Å²) >= 11 is 6.07. The normalized spacial score (nSPS) is 15.5. The number of halogens is 1. The third-order valence-electron chi connectivity index (χ3n) is 4.80. The molecule has 0 spiro atoms. The number of nitrogens with one attached hydrogen (secondary N) is 2. The Balaban J connectivity index is 1.75. The molecule has 3 aromatic rings. The van der Waals surface area contributed by atoms with Gasteiger partial charge in [-0.15, -0.1) is 5.10 Å². The van der Waals surface area contributed by atoms with Crippen molar-refractivity contribution in [1.82, 2.24) is 14.8 Å². The van der Waals surface area contributed by atoms with E-state index in [4.69, 9.17) is 11.6 Å². The summed E-state index contributed by atoms with van der Waals surface area (Å²) in [5.41, 5.74) is 4.21. The second-order valence-corrected chi connectivity index (χ2v) is 7.85. The lowest BCUT2D eigenvalue weighted by atomic mass is 10.0. The van der Waals surface area contributed by atoms with Crippen molar-refractivity contribution in [3.05, 3.63) is 76.3 Å². The van der Waals surface area contributed by atoms with Crippen LogP contribution in [0.2, 0.25) is 5.02 Å². The fourth-order valence-electron chi connectivity index (χ4n) is 3.10. The molecule has 6 nitrogen and oxygen atoms in total. The minimum Gasteiger partial charge on any atom is -0.324 e. The molecule has 1 atom stereocenters. The van der Waals surface area contributed by atoms with Crippen molar-refractivity contribution in [1.29, 1.82) is 0 Å². The number of fused-ring (bicyclic) bond motifs is 1.